The van der Waals surface area contributed by atoms with Crippen LogP contribution in [0.5, 0.6) is 0 Å². The Morgan fingerprint density at radius 2 is 2.03 bits per heavy atom. The van der Waals surface area contributed by atoms with Crippen molar-refractivity contribution in [2.24, 2.45) is 0 Å². The van der Waals surface area contributed by atoms with Gasteiger partial charge in [0, 0.05) is 18.0 Å². The van der Waals surface area contributed by atoms with Crippen molar-refractivity contribution >= 4 is 50.4 Å². The number of nitrogens with zero attached hydrogens (tertiary/aromatic N) is 1. The van der Waals surface area contributed by atoms with E-state index in [1.54, 1.807) is 0 Å². The maximum absolute atomic E-state index is 14.3. The molecule has 1 aliphatic heterocycles. The number of carboxylic acid groups (broad SMARTS) is 1. The lowest BCUT2D eigenvalue weighted by Crippen LogP contribution is -2.22. The van der Waals surface area contributed by atoms with Gasteiger partial charge >= 0.3 is 12.1 Å². The summed E-state index contributed by atoms with van der Waals surface area (Å²) in [6, 6.07) is 2.36. The van der Waals surface area contributed by atoms with Crippen molar-refractivity contribution in [2.45, 2.75) is 23.5 Å². The van der Waals surface area contributed by atoms with E-state index in [9.17, 15) is 26.0 Å². The number of anilines is 2. The number of halogens is 5. The first-order valence-electron chi connectivity index (χ1n) is 8.07. The Morgan fingerprint density at radius 1 is 1.37 bits per heavy atom. The number of thiazole rings is 1. The minimum absolute atomic E-state index is 0.141. The molecule has 0 unspecified atom stereocenters. The zero-order chi connectivity index (χ0) is 22.5. The average molecular weight is 491 g/mol. The van der Waals surface area contributed by atoms with E-state index in [-0.39, 0.29) is 16.9 Å². The van der Waals surface area contributed by atoms with Crippen LogP contribution in [0.25, 0.3) is 0 Å². The van der Waals surface area contributed by atoms with Crippen LogP contribution in [-0.4, -0.2) is 49.8 Å². The van der Waals surface area contributed by atoms with Gasteiger partial charge in [-0.25, -0.2) is 22.6 Å². The van der Waals surface area contributed by atoms with E-state index in [2.05, 4.69) is 20.3 Å². The van der Waals surface area contributed by atoms with E-state index in [0.29, 0.717) is 5.69 Å². The number of carbonyl (C=O) groups is 1. The molecule has 1 fully saturated rings. The van der Waals surface area contributed by atoms with Gasteiger partial charge in [0.25, 0.3) is 10.0 Å². The lowest BCUT2D eigenvalue weighted by Gasteiger charge is -2.16. The Hall–Kier alpha value is -2.16. The van der Waals surface area contributed by atoms with Gasteiger partial charge in [0.2, 0.25) is 0 Å². The third-order valence-electron chi connectivity index (χ3n) is 3.64. The van der Waals surface area contributed by atoms with E-state index < -0.39 is 32.9 Å². The second kappa shape index (κ2) is 9.76. The molecule has 1 aliphatic rings. The van der Waals surface area contributed by atoms with E-state index in [0.717, 1.165) is 31.6 Å². The number of benzene rings is 1. The number of hydrogen-bond acceptors (Lipinski definition) is 7. The fourth-order valence-electron chi connectivity index (χ4n) is 2.30. The highest BCUT2D eigenvalue weighted by Gasteiger charge is 2.38. The fourth-order valence-corrected chi connectivity index (χ4v) is 4.23. The van der Waals surface area contributed by atoms with Crippen LogP contribution < -0.4 is 15.4 Å². The summed E-state index contributed by atoms with van der Waals surface area (Å²) < 4.78 is 72.7. The summed E-state index contributed by atoms with van der Waals surface area (Å²) in [5.41, 5.74) is 1.86. The van der Waals surface area contributed by atoms with Crippen LogP contribution in [0.2, 0.25) is 5.02 Å². The van der Waals surface area contributed by atoms with E-state index >= 15 is 0 Å². The third-order valence-corrected chi connectivity index (χ3v) is 5.91. The lowest BCUT2D eigenvalue weighted by molar-refractivity contribution is -0.192. The predicted octanol–water partition coefficient (Wildman–Crippen LogP) is 3.14. The molecule has 0 spiro atoms. The van der Waals surface area contributed by atoms with Crippen molar-refractivity contribution in [3.05, 3.63) is 33.9 Å². The van der Waals surface area contributed by atoms with Gasteiger partial charge in [0.1, 0.15) is 10.7 Å². The molecule has 2 aromatic rings. The molecule has 15 heteroatoms. The van der Waals surface area contributed by atoms with Crippen LogP contribution >= 0.6 is 22.9 Å². The van der Waals surface area contributed by atoms with Gasteiger partial charge < -0.3 is 15.7 Å². The smallest absolute Gasteiger partial charge is 0.475 e. The largest absolute Gasteiger partial charge is 0.490 e. The van der Waals surface area contributed by atoms with Crippen molar-refractivity contribution in [2.75, 3.05) is 23.1 Å². The van der Waals surface area contributed by atoms with Crippen molar-refractivity contribution in [3.8, 4) is 0 Å². The van der Waals surface area contributed by atoms with E-state index in [1.165, 1.54) is 22.2 Å². The van der Waals surface area contributed by atoms with Gasteiger partial charge in [-0.05, 0) is 25.1 Å². The van der Waals surface area contributed by atoms with Gasteiger partial charge in [-0.15, -0.1) is 11.3 Å². The van der Waals surface area contributed by atoms with E-state index in [4.69, 9.17) is 21.5 Å². The molecule has 0 bridgehead atoms. The highest BCUT2D eigenvalue weighted by atomic mass is 35.5. The number of aromatic nitrogens is 1. The SMILES string of the molecule is O=C(O)C(F)(F)F.O=S(=O)(Nc1cscn1)c1cc(Cl)c(N[C@H]2CCNC2)cc1F. The second-order valence-electron chi connectivity index (χ2n) is 5.88. The molecule has 0 saturated carbocycles. The Morgan fingerprint density at radius 3 is 2.53 bits per heavy atom. The molecular formula is C15H15ClF4N4O4S2. The van der Waals surface area contributed by atoms with Crippen LogP contribution in [-0.2, 0) is 14.8 Å². The highest BCUT2D eigenvalue weighted by Crippen LogP contribution is 2.30. The van der Waals surface area contributed by atoms with Gasteiger partial charge in [0.15, 0.2) is 5.82 Å². The van der Waals surface area contributed by atoms with Crippen molar-refractivity contribution in [1.29, 1.82) is 0 Å². The first kappa shape index (κ1) is 24.1. The number of carboxylic acids is 1. The van der Waals surface area contributed by atoms with Crippen LogP contribution in [0.1, 0.15) is 6.42 Å². The first-order chi connectivity index (χ1) is 13.9. The molecule has 0 amide bonds. The summed E-state index contributed by atoms with van der Waals surface area (Å²) >= 11 is 7.34. The van der Waals surface area contributed by atoms with Crippen LogP contribution in [0.4, 0.5) is 29.1 Å². The number of hydrogen-bond donors (Lipinski definition) is 4. The average Bonchev–Trinajstić information content (AvgIpc) is 3.31. The Labute approximate surface area is 177 Å². The third kappa shape index (κ3) is 6.68. The van der Waals surface area contributed by atoms with Crippen LogP contribution in [0.15, 0.2) is 27.9 Å². The van der Waals surface area contributed by atoms with Crippen LogP contribution in [0.3, 0.4) is 0 Å². The highest BCUT2D eigenvalue weighted by molar-refractivity contribution is 7.92. The number of rotatable bonds is 5. The molecule has 3 rings (SSSR count). The summed E-state index contributed by atoms with van der Waals surface area (Å²) in [6.45, 7) is 1.63. The molecule has 1 aromatic heterocycles. The Balaban J connectivity index is 0.000000396. The van der Waals surface area contributed by atoms with Gasteiger partial charge in [-0.3, -0.25) is 4.72 Å². The minimum Gasteiger partial charge on any atom is -0.475 e. The molecular weight excluding hydrogens is 476 g/mol. The quantitative estimate of drug-likeness (QED) is 0.475. The Bertz CT molecular complexity index is 981. The van der Waals surface area contributed by atoms with Crippen molar-refractivity contribution < 1.29 is 35.9 Å². The number of nitrogens with one attached hydrogen (secondary N) is 3. The molecule has 0 aliphatic carbocycles. The van der Waals surface area contributed by atoms with Gasteiger partial charge in [-0.2, -0.15) is 13.2 Å². The first-order valence-corrected chi connectivity index (χ1v) is 10.9. The van der Waals surface area contributed by atoms with Crippen LogP contribution in [0, 0.1) is 5.82 Å². The fraction of sp³-hybridized carbons (Fsp3) is 0.333. The zero-order valence-electron chi connectivity index (χ0n) is 14.8. The van der Waals surface area contributed by atoms with Crippen molar-refractivity contribution in [1.82, 2.24) is 10.3 Å². The summed E-state index contributed by atoms with van der Waals surface area (Å²) in [7, 11) is -4.09. The normalized spacial score (nSPS) is 16.5. The predicted molar refractivity (Wildman–Crippen MR) is 103 cm³/mol. The molecule has 0 radical (unpaired) electrons. The molecule has 166 valence electrons. The zero-order valence-corrected chi connectivity index (χ0v) is 17.2. The van der Waals surface area contributed by atoms with Gasteiger partial charge in [0.05, 0.1) is 16.2 Å². The van der Waals surface area contributed by atoms with E-state index in [1.807, 2.05) is 0 Å². The molecule has 2 heterocycles. The number of aliphatic carboxylic acids is 1. The molecule has 30 heavy (non-hydrogen) atoms. The molecule has 4 N–H and O–H groups in total. The molecule has 1 atom stereocenters. The monoisotopic (exact) mass is 490 g/mol. The van der Waals surface area contributed by atoms with Gasteiger partial charge in [-0.1, -0.05) is 11.6 Å². The lowest BCUT2D eigenvalue weighted by atomic mass is 10.2. The standard InChI is InChI=1S/C13H14ClFN4O2S2.C2HF3O2/c14-9-3-12(23(20,21)19-13-6-22-7-17-13)10(15)4-11(9)18-8-1-2-16-5-8;3-2(4,5)1(6)7/h3-4,6-8,16,18-19H,1-2,5H2;(H,6,7)/t8-;/m0./s1. The topological polar surface area (TPSA) is 120 Å². The van der Waals surface area contributed by atoms with Crippen molar-refractivity contribution in [3.63, 3.8) is 0 Å². The maximum Gasteiger partial charge on any atom is 0.490 e. The summed E-state index contributed by atoms with van der Waals surface area (Å²) in [4.78, 5) is 12.2. The Kier molecular flexibility index (Phi) is 7.85. The maximum atomic E-state index is 14.3. The second-order valence-corrected chi connectivity index (χ2v) is 8.66. The minimum atomic E-state index is -5.08. The number of alkyl halides is 3. The summed E-state index contributed by atoms with van der Waals surface area (Å²) in [6.07, 6.45) is -4.19. The summed E-state index contributed by atoms with van der Waals surface area (Å²) in [5.74, 6) is -3.48. The molecule has 1 aromatic carbocycles. The molecule has 1 saturated heterocycles. The number of sulfonamides is 1. The summed E-state index contributed by atoms with van der Waals surface area (Å²) in [5, 5.41) is 15.1. The molecule has 8 nitrogen and oxygen atoms in total.